The predicted octanol–water partition coefficient (Wildman–Crippen LogP) is 1.72. The van der Waals surface area contributed by atoms with Crippen LogP contribution in [0, 0.1) is 0 Å². The molecule has 1 saturated heterocycles. The third kappa shape index (κ3) is 2.98. The number of hydrogen-bond donors (Lipinski definition) is 2. The van der Waals surface area contributed by atoms with Crippen LogP contribution in [-0.4, -0.2) is 34.8 Å². The van der Waals surface area contributed by atoms with E-state index in [0.29, 0.717) is 5.69 Å². The molecule has 2 rings (SSSR count). The van der Waals surface area contributed by atoms with Crippen molar-refractivity contribution in [2.75, 3.05) is 11.9 Å². The fourth-order valence-corrected chi connectivity index (χ4v) is 2.10. The second kappa shape index (κ2) is 5.24. The number of nitrogens with zero attached hydrogens (tertiary/aromatic N) is 1. The van der Waals surface area contributed by atoms with Gasteiger partial charge in [0, 0.05) is 10.2 Å². The van der Waals surface area contributed by atoms with Crippen LogP contribution < -0.4 is 10.6 Å². The molecule has 0 aliphatic carbocycles. The SMILES string of the molecule is CC1(C)NC(=O)N(CC(=O)Nc2ccc(Br)cc2)C1=O. The number of rotatable bonds is 3. The maximum Gasteiger partial charge on any atom is 0.325 e. The van der Waals surface area contributed by atoms with Gasteiger partial charge in [0.05, 0.1) is 0 Å². The van der Waals surface area contributed by atoms with E-state index in [9.17, 15) is 14.4 Å². The molecular formula is C13H14BrN3O3. The zero-order chi connectivity index (χ0) is 14.9. The topological polar surface area (TPSA) is 78.5 Å². The predicted molar refractivity (Wildman–Crippen MR) is 77.1 cm³/mol. The van der Waals surface area contributed by atoms with Gasteiger partial charge in [-0.15, -0.1) is 0 Å². The van der Waals surface area contributed by atoms with E-state index in [1.165, 1.54) is 0 Å². The van der Waals surface area contributed by atoms with Crippen LogP contribution in [0.5, 0.6) is 0 Å². The summed E-state index contributed by atoms with van der Waals surface area (Å²) in [6, 6.07) is 6.46. The molecule has 6 nitrogen and oxygen atoms in total. The highest BCUT2D eigenvalue weighted by atomic mass is 79.9. The van der Waals surface area contributed by atoms with Crippen molar-refractivity contribution in [2.45, 2.75) is 19.4 Å². The summed E-state index contributed by atoms with van der Waals surface area (Å²) in [4.78, 5) is 36.3. The monoisotopic (exact) mass is 339 g/mol. The van der Waals surface area contributed by atoms with Gasteiger partial charge >= 0.3 is 6.03 Å². The lowest BCUT2D eigenvalue weighted by Gasteiger charge is -2.15. The largest absolute Gasteiger partial charge is 0.325 e. The lowest BCUT2D eigenvalue weighted by Crippen LogP contribution is -2.41. The Morgan fingerprint density at radius 1 is 1.30 bits per heavy atom. The summed E-state index contributed by atoms with van der Waals surface area (Å²) in [6.45, 7) is 2.89. The van der Waals surface area contributed by atoms with E-state index in [2.05, 4.69) is 26.6 Å². The number of hydrogen-bond acceptors (Lipinski definition) is 3. The molecule has 0 spiro atoms. The number of benzene rings is 1. The van der Waals surface area contributed by atoms with Crippen LogP contribution in [0.25, 0.3) is 0 Å². The van der Waals surface area contributed by atoms with Gasteiger partial charge < -0.3 is 10.6 Å². The van der Waals surface area contributed by atoms with Gasteiger partial charge in [0.2, 0.25) is 5.91 Å². The van der Waals surface area contributed by atoms with Crippen molar-refractivity contribution in [1.29, 1.82) is 0 Å². The number of anilines is 1. The molecule has 0 atom stereocenters. The Labute approximate surface area is 124 Å². The fourth-order valence-electron chi connectivity index (χ4n) is 1.84. The van der Waals surface area contributed by atoms with Gasteiger partial charge in [0.1, 0.15) is 12.1 Å². The molecule has 0 aromatic heterocycles. The molecule has 1 fully saturated rings. The Morgan fingerprint density at radius 2 is 1.90 bits per heavy atom. The van der Waals surface area contributed by atoms with Crippen LogP contribution in [0.1, 0.15) is 13.8 Å². The number of nitrogens with one attached hydrogen (secondary N) is 2. The normalized spacial score (nSPS) is 17.1. The van der Waals surface area contributed by atoms with Crippen LogP contribution in [0.15, 0.2) is 28.7 Å². The van der Waals surface area contributed by atoms with Crippen molar-refractivity contribution in [3.05, 3.63) is 28.7 Å². The summed E-state index contributed by atoms with van der Waals surface area (Å²) in [5.41, 5.74) is -0.362. The Hall–Kier alpha value is -1.89. The Morgan fingerprint density at radius 3 is 2.40 bits per heavy atom. The summed E-state index contributed by atoms with van der Waals surface area (Å²) >= 11 is 3.29. The minimum Gasteiger partial charge on any atom is -0.325 e. The molecule has 0 radical (unpaired) electrons. The van der Waals surface area contributed by atoms with Crippen molar-refractivity contribution >= 4 is 39.5 Å². The van der Waals surface area contributed by atoms with Crippen molar-refractivity contribution < 1.29 is 14.4 Å². The van der Waals surface area contributed by atoms with Gasteiger partial charge in [-0.25, -0.2) is 4.79 Å². The second-order valence-electron chi connectivity index (χ2n) is 5.00. The Bertz CT molecular complexity index is 569. The van der Waals surface area contributed by atoms with Crippen molar-refractivity contribution in [3.8, 4) is 0 Å². The first-order valence-corrected chi connectivity index (χ1v) is 6.78. The van der Waals surface area contributed by atoms with E-state index in [0.717, 1.165) is 9.37 Å². The quantitative estimate of drug-likeness (QED) is 0.823. The molecule has 7 heteroatoms. The molecule has 1 aliphatic rings. The average Bonchev–Trinajstić information content (AvgIpc) is 2.55. The van der Waals surface area contributed by atoms with E-state index in [-0.39, 0.29) is 6.54 Å². The van der Waals surface area contributed by atoms with Gasteiger partial charge in [-0.1, -0.05) is 15.9 Å². The molecule has 106 valence electrons. The molecule has 1 heterocycles. The van der Waals surface area contributed by atoms with Crippen LogP contribution >= 0.6 is 15.9 Å². The molecular weight excluding hydrogens is 326 g/mol. The summed E-state index contributed by atoms with van der Waals surface area (Å²) in [5, 5.41) is 5.15. The molecule has 1 aliphatic heterocycles. The van der Waals surface area contributed by atoms with Crippen LogP contribution in [0.3, 0.4) is 0 Å². The number of urea groups is 1. The highest BCUT2D eigenvalue weighted by molar-refractivity contribution is 9.10. The van der Waals surface area contributed by atoms with Crippen molar-refractivity contribution in [1.82, 2.24) is 10.2 Å². The minimum atomic E-state index is -0.963. The van der Waals surface area contributed by atoms with Crippen molar-refractivity contribution in [3.63, 3.8) is 0 Å². The van der Waals surface area contributed by atoms with Gasteiger partial charge in [-0.2, -0.15) is 0 Å². The Balaban J connectivity index is 2.00. The molecule has 1 aromatic rings. The standard InChI is InChI=1S/C13H14BrN3O3/c1-13(2)11(19)17(12(20)16-13)7-10(18)15-9-5-3-8(14)4-6-9/h3-6H,7H2,1-2H3,(H,15,18)(H,16,20). The van der Waals surface area contributed by atoms with Crippen molar-refractivity contribution in [2.24, 2.45) is 0 Å². The lowest BCUT2D eigenvalue weighted by atomic mass is 10.1. The number of carbonyl (C=O) groups is 3. The molecule has 1 aromatic carbocycles. The number of carbonyl (C=O) groups excluding carboxylic acids is 3. The van der Waals surface area contributed by atoms with Crippen LogP contribution in [-0.2, 0) is 9.59 Å². The van der Waals surface area contributed by atoms with Gasteiger partial charge in [0.15, 0.2) is 0 Å². The maximum absolute atomic E-state index is 11.9. The average molecular weight is 340 g/mol. The highest BCUT2D eigenvalue weighted by Gasteiger charge is 2.44. The van der Waals surface area contributed by atoms with E-state index in [1.54, 1.807) is 38.1 Å². The number of amides is 4. The summed E-state index contributed by atoms with van der Waals surface area (Å²) in [5.74, 6) is -0.832. The number of halogens is 1. The molecule has 0 saturated carbocycles. The third-order valence-corrected chi connectivity index (χ3v) is 3.40. The van der Waals surface area contributed by atoms with Gasteiger partial charge in [-0.3, -0.25) is 14.5 Å². The summed E-state index contributed by atoms with van der Waals surface area (Å²) in [6.07, 6.45) is 0. The zero-order valence-corrected chi connectivity index (χ0v) is 12.7. The highest BCUT2D eigenvalue weighted by Crippen LogP contribution is 2.17. The van der Waals surface area contributed by atoms with E-state index in [1.807, 2.05) is 0 Å². The van der Waals surface area contributed by atoms with E-state index in [4.69, 9.17) is 0 Å². The lowest BCUT2D eigenvalue weighted by molar-refractivity contribution is -0.132. The first-order chi connectivity index (χ1) is 9.29. The summed E-state index contributed by atoms with van der Waals surface area (Å²) < 4.78 is 0.895. The fraction of sp³-hybridized carbons (Fsp3) is 0.308. The third-order valence-electron chi connectivity index (χ3n) is 2.87. The van der Waals surface area contributed by atoms with Gasteiger partial charge in [-0.05, 0) is 38.1 Å². The van der Waals surface area contributed by atoms with Crippen LogP contribution in [0.2, 0.25) is 0 Å². The summed E-state index contributed by atoms with van der Waals surface area (Å²) in [7, 11) is 0. The first-order valence-electron chi connectivity index (χ1n) is 5.99. The minimum absolute atomic E-state index is 0.301. The molecule has 0 unspecified atom stereocenters. The molecule has 2 N–H and O–H groups in total. The van der Waals surface area contributed by atoms with Crippen LogP contribution in [0.4, 0.5) is 10.5 Å². The van der Waals surface area contributed by atoms with E-state index < -0.39 is 23.4 Å². The van der Waals surface area contributed by atoms with Gasteiger partial charge in [0.25, 0.3) is 5.91 Å². The number of imide groups is 1. The zero-order valence-electron chi connectivity index (χ0n) is 11.1. The van der Waals surface area contributed by atoms with E-state index >= 15 is 0 Å². The Kier molecular flexibility index (Phi) is 3.80. The second-order valence-corrected chi connectivity index (χ2v) is 5.92. The molecule has 20 heavy (non-hydrogen) atoms. The maximum atomic E-state index is 11.9. The molecule has 0 bridgehead atoms. The smallest absolute Gasteiger partial charge is 0.325 e. The first kappa shape index (κ1) is 14.5. The molecule has 4 amide bonds.